The number of aryl methyl sites for hydroxylation is 1. The number of carbonyl (C=O) groups is 1. The van der Waals surface area contributed by atoms with Crippen molar-refractivity contribution in [2.45, 2.75) is 45.1 Å². The zero-order valence-corrected chi connectivity index (χ0v) is 13.4. The van der Waals surface area contributed by atoms with Crippen molar-refractivity contribution in [3.05, 3.63) is 36.3 Å². The first-order valence-corrected chi connectivity index (χ1v) is 8.44. The molecule has 0 bridgehead atoms. The quantitative estimate of drug-likeness (QED) is 0.870. The molecule has 1 saturated heterocycles. The van der Waals surface area contributed by atoms with Crippen LogP contribution < -0.4 is 0 Å². The van der Waals surface area contributed by atoms with Crippen molar-refractivity contribution < 1.29 is 9.21 Å². The second kappa shape index (κ2) is 5.51. The standard InChI is InChI=1S/C17H22N4O2/c1-2-8-20-12-18-19-15(20)13-10-21(11-17(13)6-4-7-17)16(22)14-5-3-9-23-14/h3,5,9,12-13H,2,4,6-8,10-11H2,1H3. The summed E-state index contributed by atoms with van der Waals surface area (Å²) in [6.07, 6.45) is 8.00. The van der Waals surface area contributed by atoms with Gasteiger partial charge in [0, 0.05) is 25.6 Å². The molecule has 1 amide bonds. The van der Waals surface area contributed by atoms with Crippen LogP contribution in [-0.2, 0) is 6.54 Å². The summed E-state index contributed by atoms with van der Waals surface area (Å²) in [5.74, 6) is 1.74. The van der Waals surface area contributed by atoms with Crippen LogP contribution in [0.2, 0.25) is 0 Å². The minimum atomic E-state index is -0.00895. The number of likely N-dealkylation sites (tertiary alicyclic amines) is 1. The Labute approximate surface area is 135 Å². The van der Waals surface area contributed by atoms with Gasteiger partial charge in [-0.1, -0.05) is 13.3 Å². The molecule has 1 aliphatic carbocycles. The van der Waals surface area contributed by atoms with E-state index in [9.17, 15) is 4.79 Å². The molecule has 0 aromatic carbocycles. The van der Waals surface area contributed by atoms with Gasteiger partial charge in [-0.25, -0.2) is 0 Å². The SMILES string of the molecule is CCCn1cnnc1C1CN(C(=O)c2ccco2)CC12CCC2. The first-order chi connectivity index (χ1) is 11.2. The van der Waals surface area contributed by atoms with E-state index >= 15 is 0 Å². The van der Waals surface area contributed by atoms with E-state index in [1.54, 1.807) is 18.4 Å². The molecule has 0 radical (unpaired) electrons. The van der Waals surface area contributed by atoms with Crippen LogP contribution in [0.5, 0.6) is 0 Å². The molecule has 2 aliphatic rings. The van der Waals surface area contributed by atoms with Gasteiger partial charge >= 0.3 is 0 Å². The molecule has 2 fully saturated rings. The second-order valence-electron chi connectivity index (χ2n) is 6.81. The first kappa shape index (κ1) is 14.5. The van der Waals surface area contributed by atoms with Crippen LogP contribution in [0.1, 0.15) is 54.9 Å². The number of rotatable bonds is 4. The summed E-state index contributed by atoms with van der Waals surface area (Å²) in [6, 6.07) is 3.50. The minimum absolute atomic E-state index is 0.00895. The average Bonchev–Trinajstić information content (AvgIpc) is 3.24. The van der Waals surface area contributed by atoms with Gasteiger partial charge in [-0.2, -0.15) is 0 Å². The van der Waals surface area contributed by atoms with Gasteiger partial charge in [0.15, 0.2) is 5.76 Å². The van der Waals surface area contributed by atoms with Crippen LogP contribution in [0.25, 0.3) is 0 Å². The van der Waals surface area contributed by atoms with Crippen molar-refractivity contribution in [1.82, 2.24) is 19.7 Å². The summed E-state index contributed by atoms with van der Waals surface area (Å²) < 4.78 is 7.45. The Balaban J connectivity index is 1.62. The van der Waals surface area contributed by atoms with Gasteiger partial charge < -0.3 is 13.9 Å². The molecule has 1 atom stereocenters. The number of nitrogens with zero attached hydrogens (tertiary/aromatic N) is 4. The zero-order valence-electron chi connectivity index (χ0n) is 13.4. The molecular weight excluding hydrogens is 292 g/mol. The number of furan rings is 1. The van der Waals surface area contributed by atoms with Crippen molar-refractivity contribution >= 4 is 5.91 Å². The van der Waals surface area contributed by atoms with E-state index in [1.165, 1.54) is 19.3 Å². The predicted molar refractivity (Wildman–Crippen MR) is 83.9 cm³/mol. The normalized spacial score (nSPS) is 22.5. The van der Waals surface area contributed by atoms with Crippen molar-refractivity contribution in [1.29, 1.82) is 0 Å². The molecule has 1 aliphatic heterocycles. The van der Waals surface area contributed by atoms with Crippen LogP contribution in [0, 0.1) is 5.41 Å². The maximum absolute atomic E-state index is 12.7. The Hall–Kier alpha value is -2.11. The van der Waals surface area contributed by atoms with Gasteiger partial charge in [-0.3, -0.25) is 4.79 Å². The smallest absolute Gasteiger partial charge is 0.289 e. The molecule has 0 N–H and O–H groups in total. The molecule has 1 unspecified atom stereocenters. The largest absolute Gasteiger partial charge is 0.459 e. The van der Waals surface area contributed by atoms with E-state index in [2.05, 4.69) is 21.7 Å². The highest BCUT2D eigenvalue weighted by Crippen LogP contribution is 2.55. The van der Waals surface area contributed by atoms with Crippen LogP contribution in [0.15, 0.2) is 29.1 Å². The third-order valence-electron chi connectivity index (χ3n) is 5.44. The Bertz CT molecular complexity index is 687. The average molecular weight is 314 g/mol. The molecule has 2 aromatic heterocycles. The summed E-state index contributed by atoms with van der Waals surface area (Å²) in [7, 11) is 0. The maximum Gasteiger partial charge on any atom is 0.289 e. The lowest BCUT2D eigenvalue weighted by atomic mass is 9.62. The summed E-state index contributed by atoms with van der Waals surface area (Å²) >= 11 is 0. The highest BCUT2D eigenvalue weighted by molar-refractivity contribution is 5.91. The van der Waals surface area contributed by atoms with Crippen LogP contribution in [0.3, 0.4) is 0 Å². The third-order valence-corrected chi connectivity index (χ3v) is 5.44. The van der Waals surface area contributed by atoms with E-state index in [0.29, 0.717) is 12.3 Å². The molecule has 3 heterocycles. The number of carbonyl (C=O) groups excluding carboxylic acids is 1. The fourth-order valence-electron chi connectivity index (χ4n) is 4.12. The number of aromatic nitrogens is 3. The van der Waals surface area contributed by atoms with Crippen molar-refractivity contribution in [3.63, 3.8) is 0 Å². The third kappa shape index (κ3) is 2.28. The van der Waals surface area contributed by atoms with Crippen molar-refractivity contribution in [2.24, 2.45) is 5.41 Å². The van der Waals surface area contributed by atoms with Gasteiger partial charge in [0.05, 0.1) is 6.26 Å². The van der Waals surface area contributed by atoms with E-state index in [4.69, 9.17) is 4.42 Å². The molecule has 1 spiro atoms. The summed E-state index contributed by atoms with van der Waals surface area (Å²) in [4.78, 5) is 14.6. The highest BCUT2D eigenvalue weighted by Gasteiger charge is 2.53. The summed E-state index contributed by atoms with van der Waals surface area (Å²) in [5, 5.41) is 8.52. The zero-order chi connectivity index (χ0) is 15.9. The fraction of sp³-hybridized carbons (Fsp3) is 0.588. The van der Waals surface area contributed by atoms with E-state index < -0.39 is 0 Å². The van der Waals surface area contributed by atoms with Crippen molar-refractivity contribution in [2.75, 3.05) is 13.1 Å². The second-order valence-corrected chi connectivity index (χ2v) is 6.81. The predicted octanol–water partition coefficient (Wildman–Crippen LogP) is 2.69. The monoisotopic (exact) mass is 314 g/mol. The maximum atomic E-state index is 12.7. The van der Waals surface area contributed by atoms with Crippen molar-refractivity contribution in [3.8, 4) is 0 Å². The molecule has 1 saturated carbocycles. The number of hydrogen-bond acceptors (Lipinski definition) is 4. The lowest BCUT2D eigenvalue weighted by molar-refractivity contribution is 0.0694. The molecule has 6 heteroatoms. The van der Waals surface area contributed by atoms with Gasteiger partial charge in [0.2, 0.25) is 0 Å². The molecule has 2 aromatic rings. The Morgan fingerprint density at radius 2 is 2.35 bits per heavy atom. The molecule has 23 heavy (non-hydrogen) atoms. The lowest BCUT2D eigenvalue weighted by Crippen LogP contribution is -2.38. The van der Waals surface area contributed by atoms with Gasteiger partial charge in [-0.05, 0) is 36.8 Å². The minimum Gasteiger partial charge on any atom is -0.459 e. The molecular formula is C17H22N4O2. The van der Waals surface area contributed by atoms with Crippen LogP contribution >= 0.6 is 0 Å². The fourth-order valence-corrected chi connectivity index (χ4v) is 4.12. The molecule has 4 rings (SSSR count). The van der Waals surface area contributed by atoms with E-state index in [1.807, 2.05) is 11.2 Å². The highest BCUT2D eigenvalue weighted by atomic mass is 16.3. The first-order valence-electron chi connectivity index (χ1n) is 8.44. The van der Waals surface area contributed by atoms with Gasteiger partial charge in [0.25, 0.3) is 5.91 Å². The Kier molecular flexibility index (Phi) is 3.47. The van der Waals surface area contributed by atoms with E-state index in [0.717, 1.165) is 25.3 Å². The van der Waals surface area contributed by atoms with E-state index in [-0.39, 0.29) is 17.2 Å². The number of hydrogen-bond donors (Lipinski definition) is 0. The van der Waals surface area contributed by atoms with Gasteiger partial charge in [0.1, 0.15) is 12.2 Å². The number of amides is 1. The van der Waals surface area contributed by atoms with Gasteiger partial charge in [-0.15, -0.1) is 10.2 Å². The summed E-state index contributed by atoms with van der Waals surface area (Å²) in [5.41, 5.74) is 0.181. The topological polar surface area (TPSA) is 64.2 Å². The van der Waals surface area contributed by atoms with Crippen LogP contribution in [-0.4, -0.2) is 38.7 Å². The Morgan fingerprint density at radius 3 is 3.00 bits per heavy atom. The van der Waals surface area contributed by atoms with Crippen LogP contribution in [0.4, 0.5) is 0 Å². The lowest BCUT2D eigenvalue weighted by Gasteiger charge is -2.42. The Morgan fingerprint density at radius 1 is 1.48 bits per heavy atom. The molecule has 122 valence electrons. The molecule has 6 nitrogen and oxygen atoms in total. The summed E-state index contributed by atoms with van der Waals surface area (Å²) in [6.45, 7) is 4.60.